The van der Waals surface area contributed by atoms with Crippen LogP contribution in [-0.2, 0) is 0 Å². The summed E-state index contributed by atoms with van der Waals surface area (Å²) >= 11 is 3.33. The highest BCUT2D eigenvalue weighted by Gasteiger charge is 2.15. The van der Waals surface area contributed by atoms with Crippen molar-refractivity contribution in [1.82, 2.24) is 0 Å². The van der Waals surface area contributed by atoms with Crippen LogP contribution in [0.15, 0.2) is 40.9 Å². The molecule has 6 heteroatoms. The quantitative estimate of drug-likeness (QED) is 0.885. The average molecular weight is 352 g/mol. The Morgan fingerprint density at radius 1 is 1.14 bits per heavy atom. The van der Waals surface area contributed by atoms with E-state index in [0.29, 0.717) is 17.2 Å². The van der Waals surface area contributed by atoms with E-state index >= 15 is 0 Å². The first-order chi connectivity index (χ1) is 10.0. The lowest BCUT2D eigenvalue weighted by Gasteiger charge is -2.12. The van der Waals surface area contributed by atoms with Gasteiger partial charge < -0.3 is 19.9 Å². The van der Waals surface area contributed by atoms with E-state index in [0.717, 1.165) is 4.47 Å². The number of carbonyl (C=O) groups excluding carboxylic acids is 1. The molecule has 21 heavy (non-hydrogen) atoms. The molecule has 1 amide bonds. The van der Waals surface area contributed by atoms with Gasteiger partial charge in [0.15, 0.2) is 0 Å². The number of rotatable bonds is 4. The maximum absolute atomic E-state index is 12.3. The van der Waals surface area contributed by atoms with Crippen LogP contribution in [0.5, 0.6) is 17.2 Å². The summed E-state index contributed by atoms with van der Waals surface area (Å²) in [5.74, 6) is 0.429. The van der Waals surface area contributed by atoms with Crippen LogP contribution in [0, 0.1) is 0 Å². The molecule has 0 fully saturated rings. The molecule has 5 nitrogen and oxygen atoms in total. The maximum Gasteiger partial charge on any atom is 0.259 e. The number of nitrogens with one attached hydrogen (secondary N) is 1. The summed E-state index contributed by atoms with van der Waals surface area (Å²) in [5.41, 5.74) is 0.621. The van der Waals surface area contributed by atoms with Gasteiger partial charge in [0, 0.05) is 4.47 Å². The van der Waals surface area contributed by atoms with E-state index in [9.17, 15) is 9.90 Å². The van der Waals surface area contributed by atoms with Crippen molar-refractivity contribution in [2.45, 2.75) is 0 Å². The van der Waals surface area contributed by atoms with Crippen LogP contribution in [0.1, 0.15) is 10.4 Å². The Hall–Kier alpha value is -2.21. The molecular weight excluding hydrogens is 338 g/mol. The van der Waals surface area contributed by atoms with Crippen LogP contribution < -0.4 is 14.8 Å². The molecule has 0 bridgehead atoms. The van der Waals surface area contributed by atoms with Gasteiger partial charge in [-0.2, -0.15) is 0 Å². The molecule has 0 radical (unpaired) electrons. The lowest BCUT2D eigenvalue weighted by Crippen LogP contribution is -2.13. The highest BCUT2D eigenvalue weighted by Crippen LogP contribution is 2.30. The largest absolute Gasteiger partial charge is 0.507 e. The summed E-state index contributed by atoms with van der Waals surface area (Å²) in [7, 11) is 3.01. The van der Waals surface area contributed by atoms with Gasteiger partial charge in [-0.1, -0.05) is 15.9 Å². The molecule has 0 unspecified atom stereocenters. The van der Waals surface area contributed by atoms with Gasteiger partial charge in [-0.05, 0) is 36.4 Å². The van der Waals surface area contributed by atoms with Gasteiger partial charge in [0.05, 0.1) is 25.5 Å². The molecule has 0 atom stereocenters. The van der Waals surface area contributed by atoms with Crippen molar-refractivity contribution in [3.63, 3.8) is 0 Å². The molecule has 110 valence electrons. The molecule has 0 aliphatic heterocycles. The van der Waals surface area contributed by atoms with Crippen molar-refractivity contribution in [2.75, 3.05) is 19.5 Å². The Morgan fingerprint density at radius 2 is 1.90 bits per heavy atom. The minimum atomic E-state index is -0.456. The minimum absolute atomic E-state index is 0.122. The minimum Gasteiger partial charge on any atom is -0.507 e. The third-order valence-corrected chi connectivity index (χ3v) is 3.35. The topological polar surface area (TPSA) is 67.8 Å². The standard InChI is InChI=1S/C15H14BrNO4/c1-20-10-4-5-13(18)11(8-10)15(19)17-12-7-9(16)3-6-14(12)21-2/h3-8,18H,1-2H3,(H,17,19). The van der Waals surface area contributed by atoms with Gasteiger partial charge in [0.2, 0.25) is 0 Å². The number of amides is 1. The molecule has 0 aromatic heterocycles. The van der Waals surface area contributed by atoms with E-state index in [2.05, 4.69) is 21.2 Å². The monoisotopic (exact) mass is 351 g/mol. The number of hydrogen-bond donors (Lipinski definition) is 2. The molecule has 0 aliphatic rings. The number of benzene rings is 2. The molecule has 0 saturated carbocycles. The number of anilines is 1. The van der Waals surface area contributed by atoms with E-state index < -0.39 is 5.91 Å². The van der Waals surface area contributed by atoms with Crippen LogP contribution >= 0.6 is 15.9 Å². The predicted octanol–water partition coefficient (Wildman–Crippen LogP) is 3.42. The zero-order valence-electron chi connectivity index (χ0n) is 11.5. The molecule has 2 aromatic rings. The van der Waals surface area contributed by atoms with Crippen molar-refractivity contribution in [1.29, 1.82) is 0 Å². The zero-order valence-corrected chi connectivity index (χ0v) is 13.1. The molecule has 0 aliphatic carbocycles. The number of carbonyl (C=O) groups is 1. The van der Waals surface area contributed by atoms with E-state index in [1.54, 1.807) is 24.3 Å². The Labute approximate surface area is 130 Å². The second kappa shape index (κ2) is 6.49. The van der Waals surface area contributed by atoms with Gasteiger partial charge in [0.1, 0.15) is 17.2 Å². The maximum atomic E-state index is 12.3. The summed E-state index contributed by atoms with van der Waals surface area (Å²) in [4.78, 5) is 12.3. The summed E-state index contributed by atoms with van der Waals surface area (Å²) in [6, 6.07) is 9.70. The van der Waals surface area contributed by atoms with Gasteiger partial charge in [0.25, 0.3) is 5.91 Å². The van der Waals surface area contributed by atoms with Crippen LogP contribution in [0.4, 0.5) is 5.69 Å². The number of halogens is 1. The summed E-state index contributed by atoms with van der Waals surface area (Å²) < 4.78 is 11.0. The van der Waals surface area contributed by atoms with Crippen LogP contribution in [-0.4, -0.2) is 25.2 Å². The zero-order chi connectivity index (χ0) is 15.4. The van der Waals surface area contributed by atoms with E-state index in [1.165, 1.54) is 26.4 Å². The lowest BCUT2D eigenvalue weighted by molar-refractivity contribution is 0.102. The summed E-state index contributed by atoms with van der Waals surface area (Å²) in [5, 5.41) is 12.5. The highest BCUT2D eigenvalue weighted by molar-refractivity contribution is 9.10. The third-order valence-electron chi connectivity index (χ3n) is 2.86. The van der Waals surface area contributed by atoms with Crippen molar-refractivity contribution < 1.29 is 19.4 Å². The third kappa shape index (κ3) is 3.46. The number of phenolic OH excluding ortho intramolecular Hbond substituents is 1. The van der Waals surface area contributed by atoms with Crippen LogP contribution in [0.25, 0.3) is 0 Å². The predicted molar refractivity (Wildman–Crippen MR) is 83.3 cm³/mol. The van der Waals surface area contributed by atoms with Gasteiger partial charge >= 0.3 is 0 Å². The van der Waals surface area contributed by atoms with E-state index in [1.807, 2.05) is 0 Å². The van der Waals surface area contributed by atoms with Gasteiger partial charge in [-0.3, -0.25) is 4.79 Å². The molecule has 0 heterocycles. The first-order valence-electron chi connectivity index (χ1n) is 6.07. The first kappa shape index (κ1) is 15.2. The van der Waals surface area contributed by atoms with Crippen molar-refractivity contribution in [3.8, 4) is 17.2 Å². The smallest absolute Gasteiger partial charge is 0.259 e. The second-order valence-electron chi connectivity index (χ2n) is 4.18. The van der Waals surface area contributed by atoms with Gasteiger partial charge in [-0.15, -0.1) is 0 Å². The van der Waals surface area contributed by atoms with Crippen LogP contribution in [0.2, 0.25) is 0 Å². The number of methoxy groups -OCH3 is 2. The van der Waals surface area contributed by atoms with Crippen molar-refractivity contribution >= 4 is 27.5 Å². The van der Waals surface area contributed by atoms with Crippen LogP contribution in [0.3, 0.4) is 0 Å². The molecule has 0 saturated heterocycles. The summed E-state index contributed by atoms with van der Waals surface area (Å²) in [6.07, 6.45) is 0. The van der Waals surface area contributed by atoms with Gasteiger partial charge in [-0.25, -0.2) is 0 Å². The first-order valence-corrected chi connectivity index (χ1v) is 6.86. The number of aromatic hydroxyl groups is 1. The Balaban J connectivity index is 2.32. The van der Waals surface area contributed by atoms with Crippen molar-refractivity contribution in [2.24, 2.45) is 0 Å². The number of hydrogen-bond acceptors (Lipinski definition) is 4. The molecule has 2 aromatic carbocycles. The van der Waals surface area contributed by atoms with E-state index in [-0.39, 0.29) is 11.3 Å². The average Bonchev–Trinajstić information content (AvgIpc) is 2.48. The molecule has 0 spiro atoms. The number of ether oxygens (including phenoxy) is 2. The molecular formula is C15H14BrNO4. The normalized spacial score (nSPS) is 10.0. The highest BCUT2D eigenvalue weighted by atomic mass is 79.9. The van der Waals surface area contributed by atoms with E-state index in [4.69, 9.17) is 9.47 Å². The Bertz CT molecular complexity index is 673. The lowest BCUT2D eigenvalue weighted by atomic mass is 10.1. The fourth-order valence-electron chi connectivity index (χ4n) is 1.79. The molecule has 2 N–H and O–H groups in total. The number of phenols is 1. The Morgan fingerprint density at radius 3 is 2.57 bits per heavy atom. The fraction of sp³-hybridized carbons (Fsp3) is 0.133. The summed E-state index contributed by atoms with van der Waals surface area (Å²) in [6.45, 7) is 0. The van der Waals surface area contributed by atoms with Crippen molar-refractivity contribution in [3.05, 3.63) is 46.4 Å². The SMILES string of the molecule is COc1ccc(O)c(C(=O)Nc2cc(Br)ccc2OC)c1. The molecule has 2 rings (SSSR count). The fourth-order valence-corrected chi connectivity index (χ4v) is 2.15. The Kier molecular flexibility index (Phi) is 4.70. The second-order valence-corrected chi connectivity index (χ2v) is 5.10.